The molecule has 1 aromatic carbocycles. The molecule has 0 spiro atoms. The van der Waals surface area contributed by atoms with Crippen molar-refractivity contribution < 1.29 is 9.53 Å². The highest BCUT2D eigenvalue weighted by Crippen LogP contribution is 2.21. The summed E-state index contributed by atoms with van der Waals surface area (Å²) in [6.07, 6.45) is 3.34. The standard InChI is InChI=1S/C14H17NO2/c1-3-4-7-11-9-10-6-5-8-12(13(10)15-11)14(16)17-2/h5-6,8-9,15H,3-4,7H2,1-2H3. The molecule has 2 aromatic rings. The number of fused-ring (bicyclic) bond motifs is 1. The first kappa shape index (κ1) is 11.7. The average molecular weight is 231 g/mol. The molecule has 3 nitrogen and oxygen atoms in total. The van der Waals surface area contributed by atoms with Gasteiger partial charge in [0.05, 0.1) is 18.2 Å². The van der Waals surface area contributed by atoms with Crippen LogP contribution in [0.3, 0.4) is 0 Å². The van der Waals surface area contributed by atoms with Crippen molar-refractivity contribution in [3.05, 3.63) is 35.5 Å². The van der Waals surface area contributed by atoms with E-state index in [0.29, 0.717) is 5.56 Å². The van der Waals surface area contributed by atoms with Crippen LogP contribution in [0.25, 0.3) is 10.9 Å². The summed E-state index contributed by atoms with van der Waals surface area (Å²) in [5, 5.41) is 1.07. The number of H-pyrrole nitrogens is 1. The number of para-hydroxylation sites is 1. The van der Waals surface area contributed by atoms with E-state index < -0.39 is 0 Å². The van der Waals surface area contributed by atoms with Crippen molar-refractivity contribution >= 4 is 16.9 Å². The molecule has 0 atom stereocenters. The summed E-state index contributed by atoms with van der Waals surface area (Å²) in [6, 6.07) is 7.78. The maximum atomic E-state index is 11.6. The Morgan fingerprint density at radius 1 is 1.41 bits per heavy atom. The number of hydrogen-bond donors (Lipinski definition) is 1. The molecule has 0 unspecified atom stereocenters. The van der Waals surface area contributed by atoms with Crippen LogP contribution in [0.5, 0.6) is 0 Å². The minimum Gasteiger partial charge on any atom is -0.465 e. The summed E-state index contributed by atoms with van der Waals surface area (Å²) in [5.74, 6) is -0.292. The van der Waals surface area contributed by atoms with Crippen LogP contribution in [0, 0.1) is 0 Å². The van der Waals surface area contributed by atoms with E-state index in [2.05, 4.69) is 18.0 Å². The summed E-state index contributed by atoms with van der Waals surface area (Å²) in [4.78, 5) is 14.9. The van der Waals surface area contributed by atoms with Gasteiger partial charge in [-0.25, -0.2) is 4.79 Å². The third-order valence-electron chi connectivity index (χ3n) is 2.92. The number of aromatic nitrogens is 1. The Bertz CT molecular complexity index is 528. The van der Waals surface area contributed by atoms with Crippen LogP contribution >= 0.6 is 0 Å². The summed E-state index contributed by atoms with van der Waals surface area (Å²) in [5.41, 5.74) is 2.66. The molecule has 1 aromatic heterocycles. The molecule has 0 amide bonds. The van der Waals surface area contributed by atoms with Crippen LogP contribution in [0.2, 0.25) is 0 Å². The van der Waals surface area contributed by atoms with Crippen LogP contribution in [-0.4, -0.2) is 18.1 Å². The molecular weight excluding hydrogens is 214 g/mol. The van der Waals surface area contributed by atoms with E-state index in [1.54, 1.807) is 6.07 Å². The fourth-order valence-corrected chi connectivity index (χ4v) is 2.00. The van der Waals surface area contributed by atoms with E-state index >= 15 is 0 Å². The van der Waals surface area contributed by atoms with E-state index in [4.69, 9.17) is 4.74 Å². The van der Waals surface area contributed by atoms with E-state index in [1.807, 2.05) is 12.1 Å². The van der Waals surface area contributed by atoms with Crippen LogP contribution in [0.4, 0.5) is 0 Å². The lowest BCUT2D eigenvalue weighted by molar-refractivity contribution is 0.0603. The van der Waals surface area contributed by atoms with Gasteiger partial charge in [-0.05, 0) is 25.0 Å². The monoisotopic (exact) mass is 231 g/mol. The minimum atomic E-state index is -0.292. The van der Waals surface area contributed by atoms with Gasteiger partial charge < -0.3 is 9.72 Å². The van der Waals surface area contributed by atoms with Gasteiger partial charge in [0.1, 0.15) is 0 Å². The molecule has 17 heavy (non-hydrogen) atoms. The number of rotatable bonds is 4. The molecule has 0 saturated heterocycles. The Balaban J connectivity index is 2.42. The fraction of sp³-hybridized carbons (Fsp3) is 0.357. The smallest absolute Gasteiger partial charge is 0.339 e. The number of ether oxygens (including phenoxy) is 1. The quantitative estimate of drug-likeness (QED) is 0.820. The number of benzene rings is 1. The molecule has 0 bridgehead atoms. The van der Waals surface area contributed by atoms with E-state index in [0.717, 1.165) is 23.7 Å². The van der Waals surface area contributed by atoms with Crippen molar-refractivity contribution in [2.24, 2.45) is 0 Å². The van der Waals surface area contributed by atoms with Gasteiger partial charge in [-0.3, -0.25) is 0 Å². The van der Waals surface area contributed by atoms with Crippen molar-refractivity contribution in [3.8, 4) is 0 Å². The van der Waals surface area contributed by atoms with Crippen LogP contribution < -0.4 is 0 Å². The molecule has 0 radical (unpaired) electrons. The molecule has 2 rings (SSSR count). The number of hydrogen-bond acceptors (Lipinski definition) is 2. The second-order valence-electron chi connectivity index (χ2n) is 4.16. The fourth-order valence-electron chi connectivity index (χ4n) is 2.00. The normalized spacial score (nSPS) is 10.7. The van der Waals surface area contributed by atoms with Crippen LogP contribution in [-0.2, 0) is 11.2 Å². The van der Waals surface area contributed by atoms with Gasteiger partial charge in [0.15, 0.2) is 0 Å². The summed E-state index contributed by atoms with van der Waals surface area (Å²) in [7, 11) is 1.40. The first-order chi connectivity index (χ1) is 8.26. The number of carbonyl (C=O) groups is 1. The van der Waals surface area contributed by atoms with Gasteiger partial charge >= 0.3 is 5.97 Å². The van der Waals surface area contributed by atoms with Crippen molar-refractivity contribution in [1.29, 1.82) is 0 Å². The molecular formula is C14H17NO2. The third-order valence-corrected chi connectivity index (χ3v) is 2.92. The molecule has 90 valence electrons. The lowest BCUT2D eigenvalue weighted by Gasteiger charge is -2.00. The molecule has 0 aliphatic carbocycles. The van der Waals surface area contributed by atoms with Crippen LogP contribution in [0.15, 0.2) is 24.3 Å². The van der Waals surface area contributed by atoms with Gasteiger partial charge in [0.25, 0.3) is 0 Å². The highest BCUT2D eigenvalue weighted by atomic mass is 16.5. The largest absolute Gasteiger partial charge is 0.465 e. The first-order valence-electron chi connectivity index (χ1n) is 5.95. The highest BCUT2D eigenvalue weighted by molar-refractivity contribution is 6.03. The number of unbranched alkanes of at least 4 members (excludes halogenated alkanes) is 1. The van der Waals surface area contributed by atoms with Gasteiger partial charge in [-0.2, -0.15) is 0 Å². The highest BCUT2D eigenvalue weighted by Gasteiger charge is 2.11. The predicted molar refractivity (Wildman–Crippen MR) is 68.3 cm³/mol. The second kappa shape index (κ2) is 5.04. The number of carbonyl (C=O) groups excluding carboxylic acids is 1. The van der Waals surface area contributed by atoms with Crippen LogP contribution in [0.1, 0.15) is 35.8 Å². The zero-order valence-electron chi connectivity index (χ0n) is 10.2. The zero-order chi connectivity index (χ0) is 12.3. The topological polar surface area (TPSA) is 42.1 Å². The van der Waals surface area contributed by atoms with Gasteiger partial charge in [0, 0.05) is 11.1 Å². The Morgan fingerprint density at radius 2 is 2.24 bits per heavy atom. The maximum Gasteiger partial charge on any atom is 0.339 e. The zero-order valence-corrected chi connectivity index (χ0v) is 10.2. The Labute approximate surface area is 101 Å². The molecule has 1 N–H and O–H groups in total. The van der Waals surface area contributed by atoms with Crippen molar-refractivity contribution in [1.82, 2.24) is 4.98 Å². The van der Waals surface area contributed by atoms with E-state index in [-0.39, 0.29) is 5.97 Å². The van der Waals surface area contributed by atoms with Gasteiger partial charge in [0.2, 0.25) is 0 Å². The number of methoxy groups -OCH3 is 1. The second-order valence-corrected chi connectivity index (χ2v) is 4.16. The molecule has 3 heteroatoms. The number of nitrogens with one attached hydrogen (secondary N) is 1. The van der Waals surface area contributed by atoms with Crippen molar-refractivity contribution in [3.63, 3.8) is 0 Å². The third kappa shape index (κ3) is 2.33. The Hall–Kier alpha value is -1.77. The summed E-state index contributed by atoms with van der Waals surface area (Å²) in [6.45, 7) is 2.17. The van der Waals surface area contributed by atoms with Crippen molar-refractivity contribution in [2.75, 3.05) is 7.11 Å². The van der Waals surface area contributed by atoms with Gasteiger partial charge in [-0.15, -0.1) is 0 Å². The first-order valence-corrected chi connectivity index (χ1v) is 5.95. The lowest BCUT2D eigenvalue weighted by Crippen LogP contribution is -2.01. The number of aryl methyl sites for hydroxylation is 1. The number of esters is 1. The molecule has 0 aliphatic heterocycles. The predicted octanol–water partition coefficient (Wildman–Crippen LogP) is 3.30. The Kier molecular flexibility index (Phi) is 3.47. The summed E-state index contributed by atoms with van der Waals surface area (Å²) < 4.78 is 4.78. The van der Waals surface area contributed by atoms with E-state index in [1.165, 1.54) is 19.2 Å². The van der Waals surface area contributed by atoms with Gasteiger partial charge in [-0.1, -0.05) is 25.5 Å². The molecule has 1 heterocycles. The average Bonchev–Trinajstić information content (AvgIpc) is 2.77. The SMILES string of the molecule is CCCCc1cc2cccc(C(=O)OC)c2[nH]1. The maximum absolute atomic E-state index is 11.6. The molecule has 0 saturated carbocycles. The lowest BCUT2D eigenvalue weighted by atomic mass is 10.1. The minimum absolute atomic E-state index is 0.292. The molecule has 0 fully saturated rings. The molecule has 0 aliphatic rings. The Morgan fingerprint density at radius 3 is 2.94 bits per heavy atom. The van der Waals surface area contributed by atoms with Crippen molar-refractivity contribution in [2.45, 2.75) is 26.2 Å². The van der Waals surface area contributed by atoms with E-state index in [9.17, 15) is 4.79 Å². The summed E-state index contributed by atoms with van der Waals surface area (Å²) >= 11 is 0. The number of aromatic amines is 1.